The first kappa shape index (κ1) is 14.5. The first-order valence-electron chi connectivity index (χ1n) is 7.21. The van der Waals surface area contributed by atoms with Gasteiger partial charge in [0.05, 0.1) is 0 Å². The van der Waals surface area contributed by atoms with E-state index in [4.69, 9.17) is 10.5 Å². The lowest BCUT2D eigenvalue weighted by Gasteiger charge is -2.40. The van der Waals surface area contributed by atoms with E-state index in [1.165, 1.54) is 11.1 Å². The second-order valence-electron chi connectivity index (χ2n) is 5.74. The van der Waals surface area contributed by atoms with E-state index >= 15 is 0 Å². The van der Waals surface area contributed by atoms with E-state index in [9.17, 15) is 0 Å². The van der Waals surface area contributed by atoms with Crippen molar-refractivity contribution in [3.63, 3.8) is 0 Å². The summed E-state index contributed by atoms with van der Waals surface area (Å²) in [4.78, 5) is 2.42. The summed E-state index contributed by atoms with van der Waals surface area (Å²) in [6.45, 7) is 5.49. The molecule has 1 unspecified atom stereocenters. The SMILES string of the molecule is Cc1ccc(CN(C)C2(CN)CCCOCC2)cc1. The van der Waals surface area contributed by atoms with Crippen molar-refractivity contribution in [2.45, 2.75) is 38.3 Å². The van der Waals surface area contributed by atoms with Crippen molar-refractivity contribution >= 4 is 0 Å². The number of rotatable bonds is 4. The molecule has 1 aromatic carbocycles. The lowest BCUT2D eigenvalue weighted by Crippen LogP contribution is -2.51. The van der Waals surface area contributed by atoms with Gasteiger partial charge in [0, 0.05) is 31.8 Å². The Morgan fingerprint density at radius 2 is 1.95 bits per heavy atom. The first-order chi connectivity index (χ1) is 9.16. The maximum atomic E-state index is 6.09. The molecule has 19 heavy (non-hydrogen) atoms. The van der Waals surface area contributed by atoms with Gasteiger partial charge < -0.3 is 10.5 Å². The van der Waals surface area contributed by atoms with E-state index < -0.39 is 0 Å². The third kappa shape index (κ3) is 3.56. The predicted octanol–water partition coefficient (Wildman–Crippen LogP) is 2.32. The molecule has 106 valence electrons. The molecule has 1 saturated heterocycles. The number of ether oxygens (including phenoxy) is 1. The number of nitrogens with zero attached hydrogens (tertiary/aromatic N) is 1. The average Bonchev–Trinajstić information content (AvgIpc) is 2.67. The molecule has 1 aliphatic rings. The Balaban J connectivity index is 2.07. The Hall–Kier alpha value is -0.900. The number of benzene rings is 1. The summed E-state index contributed by atoms with van der Waals surface area (Å²) in [6.07, 6.45) is 3.27. The molecular weight excluding hydrogens is 236 g/mol. The van der Waals surface area contributed by atoms with Gasteiger partial charge in [-0.25, -0.2) is 0 Å². The molecule has 0 aromatic heterocycles. The number of hydrogen-bond donors (Lipinski definition) is 1. The Labute approximate surface area is 116 Å². The van der Waals surface area contributed by atoms with Crippen molar-refractivity contribution in [1.29, 1.82) is 0 Å². The van der Waals surface area contributed by atoms with Crippen LogP contribution < -0.4 is 5.73 Å². The van der Waals surface area contributed by atoms with Crippen LogP contribution in [-0.2, 0) is 11.3 Å². The van der Waals surface area contributed by atoms with E-state index in [0.29, 0.717) is 6.54 Å². The van der Waals surface area contributed by atoms with Gasteiger partial charge in [0.1, 0.15) is 0 Å². The zero-order valence-electron chi connectivity index (χ0n) is 12.2. The monoisotopic (exact) mass is 262 g/mol. The van der Waals surface area contributed by atoms with Crippen LogP contribution in [0.4, 0.5) is 0 Å². The second-order valence-corrected chi connectivity index (χ2v) is 5.74. The van der Waals surface area contributed by atoms with Gasteiger partial charge in [-0.3, -0.25) is 4.90 Å². The second kappa shape index (κ2) is 6.51. The fraction of sp³-hybridized carbons (Fsp3) is 0.625. The number of likely N-dealkylation sites (N-methyl/N-ethyl adjacent to an activating group) is 1. The molecule has 0 spiro atoms. The maximum absolute atomic E-state index is 6.09. The predicted molar refractivity (Wildman–Crippen MR) is 79.1 cm³/mol. The standard InChI is InChI=1S/C16H26N2O/c1-14-4-6-15(7-5-14)12-18(2)16(13-17)8-3-10-19-11-9-16/h4-7H,3,8-13,17H2,1-2H3. The van der Waals surface area contributed by atoms with E-state index in [1.807, 2.05) is 0 Å². The molecule has 2 N–H and O–H groups in total. The van der Waals surface area contributed by atoms with Crippen LogP contribution in [-0.4, -0.2) is 37.2 Å². The Morgan fingerprint density at radius 3 is 2.63 bits per heavy atom. The molecule has 1 heterocycles. The molecule has 1 aliphatic heterocycles. The quantitative estimate of drug-likeness (QED) is 0.905. The zero-order valence-corrected chi connectivity index (χ0v) is 12.2. The molecule has 3 heteroatoms. The third-order valence-electron chi connectivity index (χ3n) is 4.37. The van der Waals surface area contributed by atoms with E-state index in [-0.39, 0.29) is 5.54 Å². The number of nitrogens with two attached hydrogens (primary N) is 1. The largest absolute Gasteiger partial charge is 0.381 e. The zero-order chi connectivity index (χ0) is 13.7. The van der Waals surface area contributed by atoms with E-state index in [1.54, 1.807) is 0 Å². The van der Waals surface area contributed by atoms with Gasteiger partial charge in [-0.05, 0) is 38.8 Å². The average molecular weight is 262 g/mol. The van der Waals surface area contributed by atoms with Gasteiger partial charge in [-0.2, -0.15) is 0 Å². The van der Waals surface area contributed by atoms with Gasteiger partial charge in [0.15, 0.2) is 0 Å². The summed E-state index contributed by atoms with van der Waals surface area (Å²) in [7, 11) is 2.19. The summed E-state index contributed by atoms with van der Waals surface area (Å²) < 4.78 is 5.59. The van der Waals surface area contributed by atoms with Crippen molar-refractivity contribution in [1.82, 2.24) is 4.90 Å². The van der Waals surface area contributed by atoms with Crippen LogP contribution in [0.15, 0.2) is 24.3 Å². The normalized spacial score (nSPS) is 24.4. The number of hydrogen-bond acceptors (Lipinski definition) is 3. The van der Waals surface area contributed by atoms with E-state index in [0.717, 1.165) is 39.0 Å². The lowest BCUT2D eigenvalue weighted by atomic mass is 9.88. The van der Waals surface area contributed by atoms with Crippen LogP contribution in [0.25, 0.3) is 0 Å². The smallest absolute Gasteiger partial charge is 0.0484 e. The molecule has 0 aliphatic carbocycles. The van der Waals surface area contributed by atoms with Crippen LogP contribution in [0.1, 0.15) is 30.4 Å². The molecule has 3 nitrogen and oxygen atoms in total. The lowest BCUT2D eigenvalue weighted by molar-refractivity contribution is 0.0835. The van der Waals surface area contributed by atoms with Crippen LogP contribution in [0, 0.1) is 6.92 Å². The van der Waals surface area contributed by atoms with Gasteiger partial charge in [-0.1, -0.05) is 29.8 Å². The van der Waals surface area contributed by atoms with Gasteiger partial charge in [0.25, 0.3) is 0 Å². The third-order valence-corrected chi connectivity index (χ3v) is 4.37. The molecule has 1 aromatic rings. The molecule has 2 rings (SSSR count). The minimum atomic E-state index is 0.0986. The van der Waals surface area contributed by atoms with Gasteiger partial charge >= 0.3 is 0 Å². The van der Waals surface area contributed by atoms with Crippen LogP contribution >= 0.6 is 0 Å². The minimum absolute atomic E-state index is 0.0986. The summed E-state index contributed by atoms with van der Waals surface area (Å²) in [5.74, 6) is 0. The maximum Gasteiger partial charge on any atom is 0.0484 e. The van der Waals surface area contributed by atoms with Gasteiger partial charge in [0.2, 0.25) is 0 Å². The van der Waals surface area contributed by atoms with Crippen LogP contribution in [0.3, 0.4) is 0 Å². The van der Waals surface area contributed by atoms with Crippen molar-refractivity contribution in [3.8, 4) is 0 Å². The minimum Gasteiger partial charge on any atom is -0.381 e. The molecule has 1 fully saturated rings. The Morgan fingerprint density at radius 1 is 1.21 bits per heavy atom. The van der Waals surface area contributed by atoms with Crippen molar-refractivity contribution in [3.05, 3.63) is 35.4 Å². The summed E-state index contributed by atoms with van der Waals surface area (Å²) in [5.41, 5.74) is 8.85. The highest BCUT2D eigenvalue weighted by atomic mass is 16.5. The fourth-order valence-electron chi connectivity index (χ4n) is 2.87. The topological polar surface area (TPSA) is 38.5 Å². The molecule has 0 saturated carbocycles. The van der Waals surface area contributed by atoms with Crippen molar-refractivity contribution in [2.24, 2.45) is 5.73 Å². The molecule has 0 bridgehead atoms. The first-order valence-corrected chi connectivity index (χ1v) is 7.21. The molecular formula is C16H26N2O. The molecule has 0 amide bonds. The van der Waals surface area contributed by atoms with Crippen LogP contribution in [0.5, 0.6) is 0 Å². The summed E-state index contributed by atoms with van der Waals surface area (Å²) in [5, 5.41) is 0. The Kier molecular flexibility index (Phi) is 4.97. The highest BCUT2D eigenvalue weighted by molar-refractivity contribution is 5.21. The summed E-state index contributed by atoms with van der Waals surface area (Å²) >= 11 is 0. The van der Waals surface area contributed by atoms with Crippen LogP contribution in [0.2, 0.25) is 0 Å². The van der Waals surface area contributed by atoms with Crippen molar-refractivity contribution in [2.75, 3.05) is 26.8 Å². The van der Waals surface area contributed by atoms with Crippen molar-refractivity contribution < 1.29 is 4.74 Å². The van der Waals surface area contributed by atoms with Gasteiger partial charge in [-0.15, -0.1) is 0 Å². The molecule has 0 radical (unpaired) electrons. The molecule has 1 atom stereocenters. The number of aryl methyl sites for hydroxylation is 1. The highest BCUT2D eigenvalue weighted by Gasteiger charge is 2.33. The Bertz CT molecular complexity index is 380. The highest BCUT2D eigenvalue weighted by Crippen LogP contribution is 2.27. The van der Waals surface area contributed by atoms with E-state index in [2.05, 4.69) is 43.1 Å². The fourth-order valence-corrected chi connectivity index (χ4v) is 2.87. The summed E-state index contributed by atoms with van der Waals surface area (Å²) in [6, 6.07) is 8.77.